The van der Waals surface area contributed by atoms with Gasteiger partial charge in [-0.15, -0.1) is 0 Å². The lowest BCUT2D eigenvalue weighted by Gasteiger charge is -1.97. The van der Waals surface area contributed by atoms with Crippen molar-refractivity contribution in [2.75, 3.05) is 0 Å². The monoisotopic (exact) mass is 138 g/mol. The van der Waals surface area contributed by atoms with Gasteiger partial charge in [0, 0.05) is 0 Å². The number of hydrogen-bond acceptors (Lipinski definition) is 0. The highest BCUT2D eigenvalue weighted by Gasteiger charge is 1.96. The second-order valence-corrected chi connectivity index (χ2v) is 2.41. The van der Waals surface area contributed by atoms with Crippen molar-refractivity contribution in [1.29, 1.82) is 0 Å². The molecule has 1 aliphatic rings. The molecule has 0 aromatic carbocycles. The summed E-state index contributed by atoms with van der Waals surface area (Å²) >= 11 is 0. The number of rotatable bonds is 0. The van der Waals surface area contributed by atoms with E-state index < -0.39 is 0 Å². The molecule has 0 bridgehead atoms. The molecule has 0 unspecified atom stereocenters. The fourth-order valence-corrected chi connectivity index (χ4v) is 0.855. The lowest BCUT2D eigenvalue weighted by atomic mass is 10.1. The van der Waals surface area contributed by atoms with Crippen molar-refractivity contribution in [3.05, 3.63) is 35.7 Å². The second-order valence-electron chi connectivity index (χ2n) is 2.41. The topological polar surface area (TPSA) is 0 Å². The third-order valence-electron chi connectivity index (χ3n) is 1.52. The summed E-state index contributed by atoms with van der Waals surface area (Å²) in [6, 6.07) is 0. The summed E-state index contributed by atoms with van der Waals surface area (Å²) in [6.45, 7) is 1.78. The van der Waals surface area contributed by atoms with Gasteiger partial charge < -0.3 is 0 Å². The zero-order chi connectivity index (χ0) is 7.40. The SMILES string of the molecule is CC1=C/C=C\CC/C=C\1F. The standard InChI is InChI=1S/C9H11F/c1-8-6-4-2-3-5-7-9(8)10/h2,4,6-7H,3,5H2,1H3/b4-2-,8-6-,9-7+. The molecule has 0 atom stereocenters. The van der Waals surface area contributed by atoms with Crippen molar-refractivity contribution < 1.29 is 4.39 Å². The van der Waals surface area contributed by atoms with Crippen LogP contribution in [-0.4, -0.2) is 0 Å². The quantitative estimate of drug-likeness (QED) is 0.482. The zero-order valence-corrected chi connectivity index (χ0v) is 6.10. The maximum absolute atomic E-state index is 12.8. The first-order chi connectivity index (χ1) is 4.80. The molecule has 0 saturated heterocycles. The predicted molar refractivity (Wildman–Crippen MR) is 41.3 cm³/mol. The highest BCUT2D eigenvalue weighted by atomic mass is 19.1. The van der Waals surface area contributed by atoms with Crippen molar-refractivity contribution in [3.8, 4) is 0 Å². The van der Waals surface area contributed by atoms with E-state index in [1.54, 1.807) is 19.1 Å². The van der Waals surface area contributed by atoms with E-state index in [2.05, 4.69) is 0 Å². The van der Waals surface area contributed by atoms with Crippen LogP contribution in [0.25, 0.3) is 0 Å². The number of halogens is 1. The van der Waals surface area contributed by atoms with Crippen molar-refractivity contribution in [2.45, 2.75) is 19.8 Å². The summed E-state index contributed by atoms with van der Waals surface area (Å²) < 4.78 is 12.8. The molecule has 0 saturated carbocycles. The highest BCUT2D eigenvalue weighted by molar-refractivity contribution is 5.28. The molecule has 0 spiro atoms. The first-order valence-electron chi connectivity index (χ1n) is 3.50. The summed E-state index contributed by atoms with van der Waals surface area (Å²) in [6.07, 6.45) is 9.14. The van der Waals surface area contributed by atoms with E-state index in [9.17, 15) is 4.39 Å². The van der Waals surface area contributed by atoms with Gasteiger partial charge in [-0.3, -0.25) is 0 Å². The van der Waals surface area contributed by atoms with Gasteiger partial charge in [-0.05, 0) is 31.4 Å². The maximum atomic E-state index is 12.8. The highest BCUT2D eigenvalue weighted by Crippen LogP contribution is 2.14. The van der Waals surface area contributed by atoms with Crippen molar-refractivity contribution >= 4 is 0 Å². The molecule has 0 aromatic heterocycles. The summed E-state index contributed by atoms with van der Waals surface area (Å²) in [4.78, 5) is 0. The zero-order valence-electron chi connectivity index (χ0n) is 6.10. The van der Waals surface area contributed by atoms with Gasteiger partial charge in [0.15, 0.2) is 0 Å². The molecule has 1 aliphatic carbocycles. The first kappa shape index (κ1) is 7.26. The van der Waals surface area contributed by atoms with E-state index >= 15 is 0 Å². The van der Waals surface area contributed by atoms with E-state index in [0.717, 1.165) is 18.4 Å². The van der Waals surface area contributed by atoms with Crippen LogP contribution in [0.2, 0.25) is 0 Å². The molecular weight excluding hydrogens is 127 g/mol. The van der Waals surface area contributed by atoms with Gasteiger partial charge in [0.1, 0.15) is 5.83 Å². The molecule has 0 aromatic rings. The Morgan fingerprint density at radius 3 is 3.00 bits per heavy atom. The molecule has 0 fully saturated rings. The van der Waals surface area contributed by atoms with Crippen LogP contribution in [0, 0.1) is 0 Å². The third-order valence-corrected chi connectivity index (χ3v) is 1.52. The largest absolute Gasteiger partial charge is 0.207 e. The van der Waals surface area contributed by atoms with Crippen LogP contribution in [-0.2, 0) is 0 Å². The molecule has 1 rings (SSSR count). The molecule has 0 amide bonds. The molecule has 0 radical (unpaired) electrons. The molecule has 54 valence electrons. The summed E-state index contributed by atoms with van der Waals surface area (Å²) in [5.41, 5.74) is 0.718. The third kappa shape index (κ3) is 1.83. The average Bonchev–Trinajstić information content (AvgIpc) is 1.92. The Labute approximate surface area is 60.7 Å². The molecule has 0 aliphatic heterocycles. The van der Waals surface area contributed by atoms with Crippen molar-refractivity contribution in [2.24, 2.45) is 0 Å². The Balaban J connectivity index is 2.81. The Hall–Kier alpha value is -0.850. The van der Waals surface area contributed by atoms with Crippen LogP contribution in [0.5, 0.6) is 0 Å². The second kappa shape index (κ2) is 3.35. The Morgan fingerprint density at radius 1 is 1.40 bits per heavy atom. The Morgan fingerprint density at radius 2 is 2.20 bits per heavy atom. The van der Waals surface area contributed by atoms with Gasteiger partial charge in [0.2, 0.25) is 0 Å². The van der Waals surface area contributed by atoms with Gasteiger partial charge in [-0.1, -0.05) is 18.2 Å². The molecule has 1 heteroatoms. The van der Waals surface area contributed by atoms with Crippen LogP contribution in [0.15, 0.2) is 35.7 Å². The fraction of sp³-hybridized carbons (Fsp3) is 0.333. The number of allylic oxidation sites excluding steroid dienone is 6. The van der Waals surface area contributed by atoms with Crippen molar-refractivity contribution in [3.63, 3.8) is 0 Å². The smallest absolute Gasteiger partial charge is 0.122 e. The van der Waals surface area contributed by atoms with Gasteiger partial charge in [-0.25, -0.2) is 4.39 Å². The van der Waals surface area contributed by atoms with Crippen LogP contribution >= 0.6 is 0 Å². The van der Waals surface area contributed by atoms with E-state index in [-0.39, 0.29) is 5.83 Å². The molecule has 0 N–H and O–H groups in total. The minimum atomic E-state index is -0.0793. The van der Waals surface area contributed by atoms with E-state index in [1.807, 2.05) is 12.2 Å². The fourth-order valence-electron chi connectivity index (χ4n) is 0.855. The molecular formula is C9H11F. The number of hydrogen-bond donors (Lipinski definition) is 0. The van der Waals surface area contributed by atoms with Crippen LogP contribution in [0.1, 0.15) is 19.8 Å². The van der Waals surface area contributed by atoms with Gasteiger partial charge in [-0.2, -0.15) is 0 Å². The van der Waals surface area contributed by atoms with E-state index in [0.29, 0.717) is 0 Å². The minimum absolute atomic E-state index is 0.0793. The molecule has 10 heavy (non-hydrogen) atoms. The summed E-state index contributed by atoms with van der Waals surface area (Å²) in [5, 5.41) is 0. The Kier molecular flexibility index (Phi) is 2.43. The predicted octanol–water partition coefficient (Wildman–Crippen LogP) is 3.14. The van der Waals surface area contributed by atoms with Gasteiger partial charge in [0.05, 0.1) is 0 Å². The maximum Gasteiger partial charge on any atom is 0.122 e. The van der Waals surface area contributed by atoms with Crippen LogP contribution < -0.4 is 0 Å². The van der Waals surface area contributed by atoms with E-state index in [4.69, 9.17) is 0 Å². The molecule has 0 nitrogen and oxygen atoms in total. The average molecular weight is 138 g/mol. The minimum Gasteiger partial charge on any atom is -0.207 e. The lowest BCUT2D eigenvalue weighted by molar-refractivity contribution is 0.643. The summed E-state index contributed by atoms with van der Waals surface area (Å²) in [5.74, 6) is -0.0793. The van der Waals surface area contributed by atoms with E-state index in [1.165, 1.54) is 0 Å². The summed E-state index contributed by atoms with van der Waals surface area (Å²) in [7, 11) is 0. The van der Waals surface area contributed by atoms with Gasteiger partial charge in [0.25, 0.3) is 0 Å². The normalized spacial score (nSPS) is 32.6. The molecule has 0 heterocycles. The van der Waals surface area contributed by atoms with Gasteiger partial charge >= 0.3 is 0 Å². The lowest BCUT2D eigenvalue weighted by Crippen LogP contribution is -1.79. The van der Waals surface area contributed by atoms with Crippen LogP contribution in [0.3, 0.4) is 0 Å². The van der Waals surface area contributed by atoms with Crippen molar-refractivity contribution in [1.82, 2.24) is 0 Å². The van der Waals surface area contributed by atoms with Crippen LogP contribution in [0.4, 0.5) is 4.39 Å². The Bertz CT molecular complexity index is 197. The first-order valence-corrected chi connectivity index (χ1v) is 3.50.